The standard InChI is InChI=1S/C22H26Cl3N3O4S/c1-4-11-26-22(30)15(2)27(13-16-5-7-17(23)8-6-16)21(29)14-28(33(3,31)32)20-10-9-18(24)12-19(20)25/h5-10,12,15H,4,11,13-14H2,1-3H3,(H,26,30)/t15-/m0/s1. The third kappa shape index (κ3) is 7.78. The van der Waals surface area contributed by atoms with Gasteiger partial charge in [0, 0.05) is 23.1 Å². The summed E-state index contributed by atoms with van der Waals surface area (Å²) in [6.45, 7) is 3.52. The summed E-state index contributed by atoms with van der Waals surface area (Å²) in [6.07, 6.45) is 1.71. The van der Waals surface area contributed by atoms with Crippen LogP contribution in [0.5, 0.6) is 0 Å². The van der Waals surface area contributed by atoms with Crippen molar-refractivity contribution in [2.24, 2.45) is 0 Å². The SMILES string of the molecule is CCCNC(=O)[C@H](C)N(Cc1ccc(Cl)cc1)C(=O)CN(c1ccc(Cl)cc1Cl)S(C)(=O)=O. The van der Waals surface area contributed by atoms with Crippen LogP contribution in [0.4, 0.5) is 5.69 Å². The van der Waals surface area contributed by atoms with Gasteiger partial charge in [-0.1, -0.05) is 53.9 Å². The van der Waals surface area contributed by atoms with Gasteiger partial charge in [0.15, 0.2) is 0 Å². The Morgan fingerprint density at radius 3 is 2.18 bits per heavy atom. The summed E-state index contributed by atoms with van der Waals surface area (Å²) in [5.74, 6) is -0.907. The minimum Gasteiger partial charge on any atom is -0.354 e. The summed E-state index contributed by atoms with van der Waals surface area (Å²) in [4.78, 5) is 27.4. The molecule has 11 heteroatoms. The second kappa shape index (κ2) is 11.9. The molecule has 1 atom stereocenters. The molecule has 0 saturated carbocycles. The van der Waals surface area contributed by atoms with Gasteiger partial charge in [0.05, 0.1) is 17.0 Å². The lowest BCUT2D eigenvalue weighted by atomic mass is 10.1. The highest BCUT2D eigenvalue weighted by molar-refractivity contribution is 7.92. The maximum atomic E-state index is 13.4. The fourth-order valence-electron chi connectivity index (χ4n) is 3.04. The van der Waals surface area contributed by atoms with Gasteiger partial charge >= 0.3 is 0 Å². The molecule has 0 aliphatic heterocycles. The number of nitrogens with zero attached hydrogens (tertiary/aromatic N) is 2. The number of benzene rings is 2. The molecule has 0 aliphatic carbocycles. The second-order valence-corrected chi connectivity index (χ2v) is 10.7. The molecule has 2 rings (SSSR count). The third-order valence-corrected chi connectivity index (χ3v) is 6.76. The Kier molecular flexibility index (Phi) is 9.84. The Labute approximate surface area is 209 Å². The van der Waals surface area contributed by atoms with Gasteiger partial charge < -0.3 is 10.2 Å². The van der Waals surface area contributed by atoms with Crippen molar-refractivity contribution in [1.82, 2.24) is 10.2 Å². The fourth-order valence-corrected chi connectivity index (χ4v) is 4.59. The number of sulfonamides is 1. The van der Waals surface area contributed by atoms with E-state index in [1.54, 1.807) is 31.2 Å². The molecule has 0 heterocycles. The van der Waals surface area contributed by atoms with Crippen molar-refractivity contribution in [3.8, 4) is 0 Å². The van der Waals surface area contributed by atoms with E-state index in [1.165, 1.54) is 23.1 Å². The highest BCUT2D eigenvalue weighted by atomic mass is 35.5. The lowest BCUT2D eigenvalue weighted by Crippen LogP contribution is -2.51. The van der Waals surface area contributed by atoms with Crippen LogP contribution in [0.15, 0.2) is 42.5 Å². The Hall–Kier alpha value is -2.00. The number of anilines is 1. The van der Waals surface area contributed by atoms with E-state index in [0.717, 1.165) is 22.5 Å². The van der Waals surface area contributed by atoms with E-state index >= 15 is 0 Å². The van der Waals surface area contributed by atoms with Gasteiger partial charge in [-0.3, -0.25) is 13.9 Å². The van der Waals surface area contributed by atoms with Crippen molar-refractivity contribution in [2.75, 3.05) is 23.7 Å². The Morgan fingerprint density at radius 2 is 1.64 bits per heavy atom. The van der Waals surface area contributed by atoms with Crippen LogP contribution in [0.1, 0.15) is 25.8 Å². The van der Waals surface area contributed by atoms with E-state index in [0.29, 0.717) is 16.6 Å². The van der Waals surface area contributed by atoms with E-state index in [1.807, 2.05) is 6.92 Å². The molecular formula is C22H26Cl3N3O4S. The van der Waals surface area contributed by atoms with Crippen molar-refractivity contribution in [2.45, 2.75) is 32.9 Å². The lowest BCUT2D eigenvalue weighted by Gasteiger charge is -2.31. The predicted molar refractivity (Wildman–Crippen MR) is 133 cm³/mol. The van der Waals surface area contributed by atoms with Gasteiger partial charge in [0.25, 0.3) is 0 Å². The number of carbonyl (C=O) groups excluding carboxylic acids is 2. The molecule has 0 aliphatic rings. The zero-order valence-electron chi connectivity index (χ0n) is 18.5. The lowest BCUT2D eigenvalue weighted by molar-refractivity contribution is -0.139. The monoisotopic (exact) mass is 533 g/mol. The van der Waals surface area contributed by atoms with Gasteiger partial charge in [0.2, 0.25) is 21.8 Å². The van der Waals surface area contributed by atoms with Crippen LogP contribution in [0.2, 0.25) is 15.1 Å². The van der Waals surface area contributed by atoms with Crippen molar-refractivity contribution >= 4 is 62.3 Å². The maximum Gasteiger partial charge on any atom is 0.244 e. The van der Waals surface area contributed by atoms with E-state index in [4.69, 9.17) is 34.8 Å². The summed E-state index contributed by atoms with van der Waals surface area (Å²) in [7, 11) is -3.88. The zero-order valence-corrected chi connectivity index (χ0v) is 21.6. The first-order chi connectivity index (χ1) is 15.4. The molecule has 7 nitrogen and oxygen atoms in total. The van der Waals surface area contributed by atoms with Gasteiger partial charge in [-0.2, -0.15) is 0 Å². The minimum atomic E-state index is -3.88. The van der Waals surface area contributed by atoms with Crippen molar-refractivity contribution in [3.63, 3.8) is 0 Å². The molecule has 0 radical (unpaired) electrons. The first kappa shape index (κ1) is 27.2. The van der Waals surface area contributed by atoms with E-state index in [2.05, 4.69) is 5.32 Å². The molecule has 0 unspecified atom stereocenters. The molecule has 0 fully saturated rings. The molecule has 2 amide bonds. The first-order valence-corrected chi connectivity index (χ1v) is 13.2. The quantitative estimate of drug-likeness (QED) is 0.491. The van der Waals surface area contributed by atoms with Gasteiger partial charge in [-0.05, 0) is 49.2 Å². The highest BCUT2D eigenvalue weighted by Gasteiger charge is 2.30. The molecular weight excluding hydrogens is 509 g/mol. The Morgan fingerprint density at radius 1 is 1.03 bits per heavy atom. The summed E-state index contributed by atoms with van der Waals surface area (Å²) in [5, 5.41) is 3.71. The normalized spacial score (nSPS) is 12.2. The van der Waals surface area contributed by atoms with E-state index < -0.39 is 28.5 Å². The largest absolute Gasteiger partial charge is 0.354 e. The van der Waals surface area contributed by atoms with Crippen LogP contribution in [-0.2, 0) is 26.2 Å². The third-order valence-electron chi connectivity index (χ3n) is 4.84. The van der Waals surface area contributed by atoms with Crippen LogP contribution in [0.25, 0.3) is 0 Å². The summed E-state index contributed by atoms with van der Waals surface area (Å²) in [5.41, 5.74) is 0.852. The van der Waals surface area contributed by atoms with Gasteiger partial charge in [-0.25, -0.2) is 8.42 Å². The average Bonchev–Trinajstić information content (AvgIpc) is 2.74. The Bertz CT molecular complexity index is 1090. The number of carbonyl (C=O) groups is 2. The van der Waals surface area contributed by atoms with Crippen molar-refractivity contribution < 1.29 is 18.0 Å². The summed E-state index contributed by atoms with van der Waals surface area (Å²) >= 11 is 18.1. The molecule has 0 aromatic heterocycles. The summed E-state index contributed by atoms with van der Waals surface area (Å²) in [6, 6.07) is 10.3. The number of amides is 2. The molecule has 0 spiro atoms. The molecule has 0 saturated heterocycles. The molecule has 1 N–H and O–H groups in total. The number of nitrogens with one attached hydrogen (secondary N) is 1. The highest BCUT2D eigenvalue weighted by Crippen LogP contribution is 2.30. The molecule has 2 aromatic rings. The minimum absolute atomic E-state index is 0.0821. The molecule has 33 heavy (non-hydrogen) atoms. The van der Waals surface area contributed by atoms with E-state index in [9.17, 15) is 18.0 Å². The van der Waals surface area contributed by atoms with Crippen LogP contribution >= 0.6 is 34.8 Å². The summed E-state index contributed by atoms with van der Waals surface area (Å²) < 4.78 is 26.0. The topological polar surface area (TPSA) is 86.8 Å². The zero-order chi connectivity index (χ0) is 24.8. The maximum absolute atomic E-state index is 13.4. The number of hydrogen-bond donors (Lipinski definition) is 1. The Balaban J connectivity index is 2.39. The molecule has 2 aromatic carbocycles. The van der Waals surface area contributed by atoms with Crippen LogP contribution in [0.3, 0.4) is 0 Å². The smallest absolute Gasteiger partial charge is 0.244 e. The molecule has 0 bridgehead atoms. The number of hydrogen-bond acceptors (Lipinski definition) is 4. The second-order valence-electron chi connectivity index (χ2n) is 7.48. The number of halogens is 3. The molecule has 180 valence electrons. The number of rotatable bonds is 10. The van der Waals surface area contributed by atoms with Gasteiger partial charge in [0.1, 0.15) is 12.6 Å². The van der Waals surface area contributed by atoms with Crippen LogP contribution in [-0.4, -0.2) is 50.5 Å². The van der Waals surface area contributed by atoms with Crippen molar-refractivity contribution in [1.29, 1.82) is 0 Å². The fraction of sp³-hybridized carbons (Fsp3) is 0.364. The van der Waals surface area contributed by atoms with Crippen LogP contribution < -0.4 is 9.62 Å². The average molecular weight is 535 g/mol. The van der Waals surface area contributed by atoms with Crippen LogP contribution in [0, 0.1) is 0 Å². The first-order valence-electron chi connectivity index (χ1n) is 10.2. The predicted octanol–water partition coefficient (Wildman–Crippen LogP) is 4.36. The van der Waals surface area contributed by atoms with E-state index in [-0.39, 0.29) is 23.2 Å². The van der Waals surface area contributed by atoms with Gasteiger partial charge in [-0.15, -0.1) is 0 Å². The van der Waals surface area contributed by atoms with Crippen molar-refractivity contribution in [3.05, 3.63) is 63.1 Å².